The van der Waals surface area contributed by atoms with Gasteiger partial charge in [-0.2, -0.15) is 0 Å². The number of alkyl halides is 3. The highest BCUT2D eigenvalue weighted by Crippen LogP contribution is 2.42. The average molecular weight is 480 g/mol. The van der Waals surface area contributed by atoms with Gasteiger partial charge in [-0.25, -0.2) is 4.98 Å². The number of ether oxygens (including phenoxy) is 2. The van der Waals surface area contributed by atoms with Crippen molar-refractivity contribution in [3.8, 4) is 11.5 Å². The summed E-state index contributed by atoms with van der Waals surface area (Å²) >= 11 is 6.31. The van der Waals surface area contributed by atoms with Crippen LogP contribution in [0.2, 0.25) is 5.02 Å². The maximum absolute atomic E-state index is 13.0. The summed E-state index contributed by atoms with van der Waals surface area (Å²) in [5.41, 5.74) is 0.950. The Morgan fingerprint density at radius 2 is 1.97 bits per heavy atom. The maximum Gasteiger partial charge on any atom is 0.573 e. The molecular formula is C22H17ClF3N3O4. The molecule has 7 nitrogen and oxygen atoms in total. The summed E-state index contributed by atoms with van der Waals surface area (Å²) in [7, 11) is 0. The highest BCUT2D eigenvalue weighted by atomic mass is 35.5. The summed E-state index contributed by atoms with van der Waals surface area (Å²) in [5, 5.41) is 12.7. The molecule has 2 aromatic carbocycles. The van der Waals surface area contributed by atoms with Crippen molar-refractivity contribution in [3.63, 3.8) is 0 Å². The third kappa shape index (κ3) is 5.12. The van der Waals surface area contributed by atoms with Crippen molar-refractivity contribution in [2.75, 3.05) is 23.4 Å². The topological polar surface area (TPSA) is 83.9 Å². The SMILES string of the molecule is O=C(Nc1ccc(OC(F)(F)F)cc1)c1cccc2c1OC(CO)CN2c1ncccc1Cl. The molecule has 0 saturated carbocycles. The Bertz CT molecular complexity index is 1160. The molecule has 4 rings (SSSR count). The first-order valence-electron chi connectivity index (χ1n) is 9.71. The summed E-state index contributed by atoms with van der Waals surface area (Å²) < 4.78 is 46.7. The summed E-state index contributed by atoms with van der Waals surface area (Å²) in [6.07, 6.45) is -3.88. The number of para-hydroxylation sites is 1. The van der Waals surface area contributed by atoms with Crippen LogP contribution >= 0.6 is 11.6 Å². The molecule has 0 fully saturated rings. The van der Waals surface area contributed by atoms with Crippen LogP contribution in [0.5, 0.6) is 11.5 Å². The van der Waals surface area contributed by atoms with Crippen LogP contribution in [0.3, 0.4) is 0 Å². The van der Waals surface area contributed by atoms with Crippen LogP contribution in [0.25, 0.3) is 0 Å². The molecule has 1 aliphatic rings. The van der Waals surface area contributed by atoms with E-state index in [-0.39, 0.29) is 30.2 Å². The molecule has 0 bridgehead atoms. The molecular weight excluding hydrogens is 463 g/mol. The van der Waals surface area contributed by atoms with Crippen molar-refractivity contribution in [1.82, 2.24) is 4.98 Å². The second-order valence-corrected chi connectivity index (χ2v) is 7.43. The fourth-order valence-electron chi connectivity index (χ4n) is 3.36. The van der Waals surface area contributed by atoms with E-state index in [2.05, 4.69) is 15.0 Å². The zero-order chi connectivity index (χ0) is 23.6. The van der Waals surface area contributed by atoms with Crippen LogP contribution < -0.4 is 19.7 Å². The van der Waals surface area contributed by atoms with Gasteiger partial charge in [0.2, 0.25) is 0 Å². The maximum atomic E-state index is 13.0. The first-order valence-corrected chi connectivity index (χ1v) is 10.1. The van der Waals surface area contributed by atoms with Gasteiger partial charge >= 0.3 is 6.36 Å². The molecule has 0 spiro atoms. The van der Waals surface area contributed by atoms with Gasteiger partial charge in [0.15, 0.2) is 11.6 Å². The summed E-state index contributed by atoms with van der Waals surface area (Å²) in [5.74, 6) is -0.296. The zero-order valence-corrected chi connectivity index (χ0v) is 17.6. The standard InChI is InChI=1S/C22H17ClF3N3O4/c23-17-4-2-10-27-20(17)29-11-15(12-30)32-19-16(3-1-5-18(19)29)21(31)28-13-6-8-14(9-7-13)33-22(24,25)26/h1-10,15,30H,11-12H2,(H,28,31). The number of aliphatic hydroxyl groups excluding tert-OH is 1. The number of benzene rings is 2. The lowest BCUT2D eigenvalue weighted by molar-refractivity contribution is -0.274. The van der Waals surface area contributed by atoms with Gasteiger partial charge in [0.05, 0.1) is 29.4 Å². The number of carbonyl (C=O) groups is 1. The van der Waals surface area contributed by atoms with Crippen molar-refractivity contribution in [3.05, 3.63) is 71.4 Å². The van der Waals surface area contributed by atoms with E-state index in [1.54, 1.807) is 35.4 Å². The Balaban J connectivity index is 1.63. The van der Waals surface area contributed by atoms with E-state index in [1.165, 1.54) is 18.2 Å². The van der Waals surface area contributed by atoms with Gasteiger partial charge in [-0.05, 0) is 48.5 Å². The van der Waals surface area contributed by atoms with E-state index in [4.69, 9.17) is 16.3 Å². The molecule has 1 aromatic heterocycles. The van der Waals surface area contributed by atoms with E-state index in [1.807, 2.05) is 0 Å². The molecule has 1 atom stereocenters. The number of nitrogens with one attached hydrogen (secondary N) is 1. The molecule has 11 heteroatoms. The van der Waals surface area contributed by atoms with Gasteiger partial charge in [-0.1, -0.05) is 17.7 Å². The van der Waals surface area contributed by atoms with Crippen LogP contribution in [0.4, 0.5) is 30.4 Å². The number of aromatic nitrogens is 1. The van der Waals surface area contributed by atoms with E-state index in [9.17, 15) is 23.1 Å². The number of aliphatic hydroxyl groups is 1. The van der Waals surface area contributed by atoms with E-state index < -0.39 is 24.1 Å². The van der Waals surface area contributed by atoms with E-state index in [0.717, 1.165) is 12.1 Å². The van der Waals surface area contributed by atoms with Crippen LogP contribution in [0.1, 0.15) is 10.4 Å². The number of halogens is 4. The van der Waals surface area contributed by atoms with Crippen LogP contribution in [-0.2, 0) is 0 Å². The normalized spacial score (nSPS) is 15.4. The van der Waals surface area contributed by atoms with Gasteiger partial charge in [-0.3, -0.25) is 4.79 Å². The zero-order valence-electron chi connectivity index (χ0n) is 16.8. The Hall–Kier alpha value is -3.50. The number of nitrogens with zero attached hydrogens (tertiary/aromatic N) is 2. The molecule has 2 N–H and O–H groups in total. The molecule has 1 amide bonds. The largest absolute Gasteiger partial charge is 0.573 e. The first-order chi connectivity index (χ1) is 15.7. The Morgan fingerprint density at radius 1 is 1.21 bits per heavy atom. The average Bonchev–Trinajstić information content (AvgIpc) is 2.78. The Kier molecular flexibility index (Phi) is 6.30. The van der Waals surface area contributed by atoms with Crippen molar-refractivity contribution in [1.29, 1.82) is 0 Å². The van der Waals surface area contributed by atoms with Gasteiger partial charge in [-0.15, -0.1) is 13.2 Å². The number of amides is 1. The van der Waals surface area contributed by atoms with Crippen molar-refractivity contribution >= 4 is 34.7 Å². The highest BCUT2D eigenvalue weighted by molar-refractivity contribution is 6.33. The van der Waals surface area contributed by atoms with Crippen LogP contribution in [0, 0.1) is 0 Å². The molecule has 1 aliphatic heterocycles. The fraction of sp³-hybridized carbons (Fsp3) is 0.182. The lowest BCUT2D eigenvalue weighted by atomic mass is 10.1. The van der Waals surface area contributed by atoms with Crippen molar-refractivity contribution in [2.45, 2.75) is 12.5 Å². The summed E-state index contributed by atoms with van der Waals surface area (Å²) in [4.78, 5) is 19.0. The lowest BCUT2D eigenvalue weighted by Gasteiger charge is -2.36. The quantitative estimate of drug-likeness (QED) is 0.548. The van der Waals surface area contributed by atoms with Crippen LogP contribution in [0.15, 0.2) is 60.8 Å². The predicted molar refractivity (Wildman–Crippen MR) is 115 cm³/mol. The van der Waals surface area contributed by atoms with E-state index >= 15 is 0 Å². The van der Waals surface area contributed by atoms with E-state index in [0.29, 0.717) is 16.5 Å². The third-order valence-electron chi connectivity index (χ3n) is 4.74. The lowest BCUT2D eigenvalue weighted by Crippen LogP contribution is -2.40. The number of anilines is 3. The minimum atomic E-state index is -4.81. The fourth-order valence-corrected chi connectivity index (χ4v) is 3.58. The predicted octanol–water partition coefficient (Wildman–Crippen LogP) is 4.78. The van der Waals surface area contributed by atoms with Gasteiger partial charge in [0.1, 0.15) is 11.9 Å². The Morgan fingerprint density at radius 3 is 2.64 bits per heavy atom. The second-order valence-electron chi connectivity index (χ2n) is 7.02. The smallest absolute Gasteiger partial charge is 0.483 e. The van der Waals surface area contributed by atoms with Gasteiger partial charge < -0.3 is 24.8 Å². The van der Waals surface area contributed by atoms with Gasteiger partial charge in [0.25, 0.3) is 5.91 Å². The number of pyridine rings is 1. The summed E-state index contributed by atoms with van der Waals surface area (Å²) in [6, 6.07) is 13.0. The summed E-state index contributed by atoms with van der Waals surface area (Å²) in [6.45, 7) is -0.0526. The number of fused-ring (bicyclic) bond motifs is 1. The first kappa shape index (κ1) is 22.7. The van der Waals surface area contributed by atoms with Gasteiger partial charge in [0, 0.05) is 11.9 Å². The number of hydrogen-bond donors (Lipinski definition) is 2. The minimum Gasteiger partial charge on any atom is -0.483 e. The second kappa shape index (κ2) is 9.16. The molecule has 33 heavy (non-hydrogen) atoms. The molecule has 2 heterocycles. The number of rotatable bonds is 5. The monoisotopic (exact) mass is 479 g/mol. The highest BCUT2D eigenvalue weighted by Gasteiger charge is 2.32. The van der Waals surface area contributed by atoms with Crippen LogP contribution in [-0.4, -0.2) is 41.6 Å². The molecule has 0 saturated heterocycles. The number of hydrogen-bond acceptors (Lipinski definition) is 6. The molecule has 0 radical (unpaired) electrons. The molecule has 1 unspecified atom stereocenters. The minimum absolute atomic E-state index is 0.165. The van der Waals surface area contributed by atoms with Crippen molar-refractivity contribution < 1.29 is 32.5 Å². The third-order valence-corrected chi connectivity index (χ3v) is 5.04. The number of carbonyl (C=O) groups excluding carboxylic acids is 1. The molecule has 0 aliphatic carbocycles. The molecule has 3 aromatic rings. The molecule has 172 valence electrons. The van der Waals surface area contributed by atoms with Crippen molar-refractivity contribution in [2.24, 2.45) is 0 Å². The Labute approximate surface area is 191 Å².